The molecular formula is C13H21NO2S. The van der Waals surface area contributed by atoms with Gasteiger partial charge >= 0.3 is 0 Å². The lowest BCUT2D eigenvalue weighted by molar-refractivity contribution is 0.192. The molecule has 0 saturated heterocycles. The zero-order chi connectivity index (χ0) is 12.8. The molecule has 96 valence electrons. The second kappa shape index (κ2) is 6.89. The summed E-state index contributed by atoms with van der Waals surface area (Å²) in [7, 11) is 1.68. The molecule has 0 bridgehead atoms. The monoisotopic (exact) mass is 255 g/mol. The molecule has 0 saturated carbocycles. The Morgan fingerprint density at radius 3 is 2.65 bits per heavy atom. The Morgan fingerprint density at radius 2 is 2.06 bits per heavy atom. The minimum absolute atomic E-state index is 0.327. The average Bonchev–Trinajstić information content (AvgIpc) is 2.30. The van der Waals surface area contributed by atoms with E-state index in [0.717, 1.165) is 11.3 Å². The molecule has 4 heteroatoms. The van der Waals surface area contributed by atoms with Crippen LogP contribution in [0.5, 0.6) is 5.75 Å². The molecule has 17 heavy (non-hydrogen) atoms. The van der Waals surface area contributed by atoms with Gasteiger partial charge in [0.05, 0.1) is 13.2 Å². The first-order valence-corrected chi connectivity index (χ1v) is 6.73. The fraction of sp³-hybridized carbons (Fsp3) is 0.538. The molecule has 0 aliphatic heterocycles. The Morgan fingerprint density at radius 1 is 1.35 bits per heavy atom. The van der Waals surface area contributed by atoms with Crippen LogP contribution in [0.25, 0.3) is 0 Å². The number of hydrogen-bond acceptors (Lipinski definition) is 4. The Hall–Kier alpha value is -0.710. The van der Waals surface area contributed by atoms with E-state index in [1.807, 2.05) is 13.0 Å². The Labute approximate surface area is 107 Å². The van der Waals surface area contributed by atoms with E-state index in [1.54, 1.807) is 18.9 Å². The zero-order valence-corrected chi connectivity index (χ0v) is 11.5. The number of methoxy groups -OCH3 is 1. The fourth-order valence-corrected chi connectivity index (χ4v) is 2.69. The lowest BCUT2D eigenvalue weighted by Crippen LogP contribution is -2.15. The third-order valence-corrected chi connectivity index (χ3v) is 3.93. The number of ether oxygens (including phenoxy) is 1. The highest BCUT2D eigenvalue weighted by atomic mass is 32.2. The SMILES string of the molecule is COc1cc(C)c(SCC(O)CCN)cc1C. The summed E-state index contributed by atoms with van der Waals surface area (Å²) in [4.78, 5) is 1.19. The highest BCUT2D eigenvalue weighted by molar-refractivity contribution is 7.99. The average molecular weight is 255 g/mol. The van der Waals surface area contributed by atoms with Crippen molar-refractivity contribution in [3.8, 4) is 5.75 Å². The molecule has 3 nitrogen and oxygen atoms in total. The first-order chi connectivity index (χ1) is 8.08. The smallest absolute Gasteiger partial charge is 0.122 e. The molecule has 1 aromatic carbocycles. The number of aryl methyl sites for hydroxylation is 2. The number of hydrogen-bond donors (Lipinski definition) is 2. The second-order valence-corrected chi connectivity index (χ2v) is 5.19. The molecule has 1 rings (SSSR count). The van der Waals surface area contributed by atoms with Gasteiger partial charge in [0, 0.05) is 10.6 Å². The number of nitrogens with two attached hydrogens (primary N) is 1. The van der Waals surface area contributed by atoms with Gasteiger partial charge in [0.15, 0.2) is 0 Å². The topological polar surface area (TPSA) is 55.5 Å². The quantitative estimate of drug-likeness (QED) is 0.764. The molecule has 0 heterocycles. The van der Waals surface area contributed by atoms with Crippen LogP contribution in [-0.2, 0) is 0 Å². The van der Waals surface area contributed by atoms with E-state index in [9.17, 15) is 5.11 Å². The normalized spacial score (nSPS) is 12.5. The van der Waals surface area contributed by atoms with E-state index in [-0.39, 0.29) is 6.10 Å². The summed E-state index contributed by atoms with van der Waals surface area (Å²) in [6, 6.07) is 4.14. The summed E-state index contributed by atoms with van der Waals surface area (Å²) in [6.07, 6.45) is 0.327. The molecule has 1 aromatic rings. The van der Waals surface area contributed by atoms with E-state index < -0.39 is 0 Å². The summed E-state index contributed by atoms with van der Waals surface area (Å²) < 4.78 is 5.27. The third-order valence-electron chi connectivity index (χ3n) is 2.62. The number of aliphatic hydroxyl groups excluding tert-OH is 1. The molecular weight excluding hydrogens is 234 g/mol. The highest BCUT2D eigenvalue weighted by Gasteiger charge is 2.08. The van der Waals surface area contributed by atoms with Gasteiger partial charge in [-0.1, -0.05) is 0 Å². The number of rotatable bonds is 6. The minimum atomic E-state index is -0.327. The number of benzene rings is 1. The van der Waals surface area contributed by atoms with Crippen LogP contribution in [0.4, 0.5) is 0 Å². The summed E-state index contributed by atoms with van der Waals surface area (Å²) in [5.41, 5.74) is 7.70. The van der Waals surface area contributed by atoms with Gasteiger partial charge in [0.2, 0.25) is 0 Å². The van der Waals surface area contributed by atoms with Crippen LogP contribution < -0.4 is 10.5 Å². The van der Waals surface area contributed by atoms with Crippen molar-refractivity contribution in [3.05, 3.63) is 23.3 Å². The van der Waals surface area contributed by atoms with Crippen LogP contribution in [0, 0.1) is 13.8 Å². The summed E-state index contributed by atoms with van der Waals surface area (Å²) >= 11 is 1.67. The number of aliphatic hydroxyl groups is 1. The van der Waals surface area contributed by atoms with Gasteiger partial charge < -0.3 is 15.6 Å². The molecule has 0 amide bonds. The van der Waals surface area contributed by atoms with Crippen molar-refractivity contribution in [1.82, 2.24) is 0 Å². The van der Waals surface area contributed by atoms with E-state index >= 15 is 0 Å². The van der Waals surface area contributed by atoms with E-state index in [1.165, 1.54) is 10.5 Å². The third kappa shape index (κ3) is 4.22. The summed E-state index contributed by atoms with van der Waals surface area (Å²) in [5.74, 6) is 1.60. The molecule has 0 aliphatic rings. The molecule has 0 aliphatic carbocycles. The fourth-order valence-electron chi connectivity index (χ4n) is 1.60. The van der Waals surface area contributed by atoms with Gasteiger partial charge in [0.25, 0.3) is 0 Å². The predicted octanol–water partition coefficient (Wildman–Crippen LogP) is 2.11. The standard InChI is InChI=1S/C13H21NO2S/c1-9-7-13(10(2)6-12(9)16-3)17-8-11(15)4-5-14/h6-7,11,15H,4-5,8,14H2,1-3H3. The highest BCUT2D eigenvalue weighted by Crippen LogP contribution is 2.29. The lowest BCUT2D eigenvalue weighted by Gasteiger charge is -2.13. The van der Waals surface area contributed by atoms with Gasteiger partial charge in [-0.2, -0.15) is 0 Å². The molecule has 0 aromatic heterocycles. The van der Waals surface area contributed by atoms with Crippen molar-refractivity contribution >= 4 is 11.8 Å². The van der Waals surface area contributed by atoms with Gasteiger partial charge in [-0.3, -0.25) is 0 Å². The second-order valence-electron chi connectivity index (χ2n) is 4.13. The Bertz CT molecular complexity index is 369. The molecule has 1 atom stereocenters. The van der Waals surface area contributed by atoms with Crippen LogP contribution in [-0.4, -0.2) is 30.6 Å². The first kappa shape index (κ1) is 14.4. The maximum absolute atomic E-state index is 9.65. The van der Waals surface area contributed by atoms with E-state index in [4.69, 9.17) is 10.5 Å². The van der Waals surface area contributed by atoms with Gasteiger partial charge in [-0.05, 0) is 50.1 Å². The van der Waals surface area contributed by atoms with E-state index in [0.29, 0.717) is 18.7 Å². The van der Waals surface area contributed by atoms with Gasteiger partial charge in [0.1, 0.15) is 5.75 Å². The molecule has 0 fully saturated rings. The van der Waals surface area contributed by atoms with Crippen LogP contribution in [0.1, 0.15) is 17.5 Å². The van der Waals surface area contributed by atoms with Crippen molar-refractivity contribution < 1.29 is 9.84 Å². The van der Waals surface area contributed by atoms with Crippen molar-refractivity contribution in [2.75, 3.05) is 19.4 Å². The van der Waals surface area contributed by atoms with Crippen LogP contribution in [0.3, 0.4) is 0 Å². The van der Waals surface area contributed by atoms with Crippen LogP contribution in [0.15, 0.2) is 17.0 Å². The zero-order valence-electron chi connectivity index (χ0n) is 10.7. The summed E-state index contributed by atoms with van der Waals surface area (Å²) in [5, 5.41) is 9.65. The van der Waals surface area contributed by atoms with Crippen molar-refractivity contribution in [1.29, 1.82) is 0 Å². The lowest BCUT2D eigenvalue weighted by atomic mass is 10.1. The van der Waals surface area contributed by atoms with E-state index in [2.05, 4.69) is 13.0 Å². The molecule has 3 N–H and O–H groups in total. The molecule has 0 spiro atoms. The first-order valence-electron chi connectivity index (χ1n) is 5.74. The van der Waals surface area contributed by atoms with Gasteiger partial charge in [-0.25, -0.2) is 0 Å². The maximum Gasteiger partial charge on any atom is 0.122 e. The van der Waals surface area contributed by atoms with Crippen LogP contribution in [0.2, 0.25) is 0 Å². The number of thioether (sulfide) groups is 1. The Balaban J connectivity index is 2.68. The predicted molar refractivity (Wildman–Crippen MR) is 72.9 cm³/mol. The Kier molecular flexibility index (Phi) is 5.82. The maximum atomic E-state index is 9.65. The minimum Gasteiger partial charge on any atom is -0.496 e. The summed E-state index contributed by atoms with van der Waals surface area (Å²) in [6.45, 7) is 4.61. The van der Waals surface area contributed by atoms with Gasteiger partial charge in [-0.15, -0.1) is 11.8 Å². The van der Waals surface area contributed by atoms with Crippen molar-refractivity contribution in [3.63, 3.8) is 0 Å². The van der Waals surface area contributed by atoms with Crippen LogP contribution >= 0.6 is 11.8 Å². The van der Waals surface area contributed by atoms with Crippen molar-refractivity contribution in [2.24, 2.45) is 5.73 Å². The largest absolute Gasteiger partial charge is 0.496 e. The van der Waals surface area contributed by atoms with Crippen molar-refractivity contribution in [2.45, 2.75) is 31.3 Å². The molecule has 0 radical (unpaired) electrons. The molecule has 1 unspecified atom stereocenters.